The fraction of sp³-hybridized carbons (Fsp3) is 1.00. The fourth-order valence-electron chi connectivity index (χ4n) is 2.28. The summed E-state index contributed by atoms with van der Waals surface area (Å²) in [6.07, 6.45) is 4.18. The van der Waals surface area contributed by atoms with Crippen molar-refractivity contribution in [3.63, 3.8) is 0 Å². The number of nitrogens with zero attached hydrogens (tertiary/aromatic N) is 1. The number of nitrogens with one attached hydrogen (secondary N) is 1. The van der Waals surface area contributed by atoms with Crippen LogP contribution in [-0.4, -0.2) is 27.8 Å². The van der Waals surface area contributed by atoms with Gasteiger partial charge >= 0.3 is 0 Å². The third kappa shape index (κ3) is 2.57. The molecule has 0 aromatic carbocycles. The first-order chi connectivity index (χ1) is 6.08. The summed E-state index contributed by atoms with van der Waals surface area (Å²) in [4.78, 5) is 0. The van der Waals surface area contributed by atoms with Crippen LogP contribution >= 0.6 is 22.9 Å². The molecule has 1 heterocycles. The van der Waals surface area contributed by atoms with Gasteiger partial charge in [0.15, 0.2) is 0 Å². The molecule has 13 heavy (non-hydrogen) atoms. The Labute approximate surface area is 94.9 Å². The summed E-state index contributed by atoms with van der Waals surface area (Å²) in [5, 5.41) is 3.80. The minimum atomic E-state index is 0.381. The van der Waals surface area contributed by atoms with Crippen molar-refractivity contribution in [3.05, 3.63) is 0 Å². The van der Waals surface area contributed by atoms with Crippen LogP contribution < -0.4 is 5.32 Å². The SMILES string of the molecule is CC(C)(NC1CCN(I)C1)C1CC1. The first-order valence-electron chi connectivity index (χ1n) is 5.26. The Balaban J connectivity index is 1.82. The van der Waals surface area contributed by atoms with Crippen LogP contribution in [-0.2, 0) is 0 Å². The van der Waals surface area contributed by atoms with E-state index in [0.29, 0.717) is 5.54 Å². The summed E-state index contributed by atoms with van der Waals surface area (Å²) in [6.45, 7) is 7.19. The van der Waals surface area contributed by atoms with Gasteiger partial charge in [-0.25, -0.2) is 3.11 Å². The maximum absolute atomic E-state index is 3.80. The van der Waals surface area contributed by atoms with Gasteiger partial charge in [0.1, 0.15) is 0 Å². The van der Waals surface area contributed by atoms with Crippen LogP contribution in [0.15, 0.2) is 0 Å². The maximum atomic E-state index is 3.80. The molecule has 2 rings (SSSR count). The maximum Gasteiger partial charge on any atom is 0.0236 e. The zero-order chi connectivity index (χ0) is 9.47. The molecule has 0 aromatic heterocycles. The second kappa shape index (κ2) is 3.66. The Morgan fingerprint density at radius 2 is 2.00 bits per heavy atom. The third-order valence-corrected chi connectivity index (χ3v) is 4.19. The van der Waals surface area contributed by atoms with Crippen molar-refractivity contribution in [1.82, 2.24) is 8.43 Å². The van der Waals surface area contributed by atoms with Crippen LogP contribution in [0.1, 0.15) is 33.1 Å². The average Bonchev–Trinajstić information content (AvgIpc) is 2.78. The summed E-state index contributed by atoms with van der Waals surface area (Å²) in [6, 6.07) is 0.729. The first-order valence-corrected chi connectivity index (χ1v) is 6.23. The Kier molecular flexibility index (Phi) is 2.87. The highest BCUT2D eigenvalue weighted by atomic mass is 127. The van der Waals surface area contributed by atoms with E-state index in [-0.39, 0.29) is 0 Å². The summed E-state index contributed by atoms with van der Waals surface area (Å²) in [5.41, 5.74) is 0.381. The van der Waals surface area contributed by atoms with Crippen LogP contribution in [0.2, 0.25) is 0 Å². The van der Waals surface area contributed by atoms with Gasteiger partial charge in [-0.05, 0) is 39.0 Å². The monoisotopic (exact) mass is 294 g/mol. The Hall–Kier alpha value is 0.650. The molecule has 0 radical (unpaired) electrons. The molecule has 1 aliphatic carbocycles. The molecule has 1 unspecified atom stereocenters. The third-order valence-electron chi connectivity index (χ3n) is 3.31. The largest absolute Gasteiger partial charge is 0.307 e. The Bertz CT molecular complexity index is 189. The van der Waals surface area contributed by atoms with E-state index in [0.717, 1.165) is 12.0 Å². The molecule has 2 fully saturated rings. The van der Waals surface area contributed by atoms with Gasteiger partial charge in [-0.1, -0.05) is 0 Å². The molecule has 0 bridgehead atoms. The molecule has 1 saturated heterocycles. The van der Waals surface area contributed by atoms with E-state index < -0.39 is 0 Å². The summed E-state index contributed by atoms with van der Waals surface area (Å²) in [7, 11) is 0. The van der Waals surface area contributed by atoms with Crippen LogP contribution in [0.5, 0.6) is 0 Å². The highest BCUT2D eigenvalue weighted by molar-refractivity contribution is 14.1. The molecule has 2 nitrogen and oxygen atoms in total. The first kappa shape index (κ1) is 10.2. The van der Waals surface area contributed by atoms with Crippen molar-refractivity contribution in [1.29, 1.82) is 0 Å². The van der Waals surface area contributed by atoms with Gasteiger partial charge in [-0.3, -0.25) is 0 Å². The molecule has 1 N–H and O–H groups in total. The second-order valence-corrected chi connectivity index (χ2v) is 6.36. The van der Waals surface area contributed by atoms with Gasteiger partial charge in [0.05, 0.1) is 0 Å². The number of hydrogen-bond acceptors (Lipinski definition) is 2. The highest BCUT2D eigenvalue weighted by Gasteiger charge is 2.39. The molecule has 1 saturated carbocycles. The normalized spacial score (nSPS) is 31.2. The van der Waals surface area contributed by atoms with E-state index in [2.05, 4.69) is 45.1 Å². The van der Waals surface area contributed by atoms with Crippen molar-refractivity contribution in [2.45, 2.75) is 44.7 Å². The van der Waals surface area contributed by atoms with Crippen molar-refractivity contribution in [3.8, 4) is 0 Å². The van der Waals surface area contributed by atoms with Crippen molar-refractivity contribution >= 4 is 22.9 Å². The van der Waals surface area contributed by atoms with Crippen molar-refractivity contribution in [2.75, 3.05) is 13.1 Å². The highest BCUT2D eigenvalue weighted by Crippen LogP contribution is 2.39. The lowest BCUT2D eigenvalue weighted by Crippen LogP contribution is -2.48. The zero-order valence-corrected chi connectivity index (χ0v) is 10.7. The second-order valence-electron chi connectivity index (χ2n) is 4.99. The molecule has 2 aliphatic rings. The lowest BCUT2D eigenvalue weighted by atomic mass is 9.97. The van der Waals surface area contributed by atoms with Gasteiger partial charge in [0.2, 0.25) is 0 Å². The van der Waals surface area contributed by atoms with E-state index in [1.165, 1.54) is 32.4 Å². The summed E-state index contributed by atoms with van der Waals surface area (Å²) in [5.74, 6) is 0.941. The van der Waals surface area contributed by atoms with Crippen LogP contribution in [0.4, 0.5) is 0 Å². The molecule has 0 spiro atoms. The summed E-state index contributed by atoms with van der Waals surface area (Å²) >= 11 is 2.42. The van der Waals surface area contributed by atoms with Gasteiger partial charge in [0.25, 0.3) is 0 Å². The van der Waals surface area contributed by atoms with E-state index in [1.807, 2.05) is 0 Å². The Morgan fingerprint density at radius 1 is 1.31 bits per heavy atom. The molecule has 1 atom stereocenters. The lowest BCUT2D eigenvalue weighted by Gasteiger charge is -2.30. The topological polar surface area (TPSA) is 15.3 Å². The van der Waals surface area contributed by atoms with Crippen LogP contribution in [0, 0.1) is 5.92 Å². The van der Waals surface area contributed by atoms with E-state index in [1.54, 1.807) is 0 Å². The van der Waals surface area contributed by atoms with Crippen molar-refractivity contribution in [2.24, 2.45) is 5.92 Å². The fourth-order valence-corrected chi connectivity index (χ4v) is 3.04. The van der Waals surface area contributed by atoms with E-state index in [4.69, 9.17) is 0 Å². The van der Waals surface area contributed by atoms with Crippen LogP contribution in [0.25, 0.3) is 0 Å². The Morgan fingerprint density at radius 3 is 2.46 bits per heavy atom. The predicted molar refractivity (Wildman–Crippen MR) is 63.9 cm³/mol. The van der Waals surface area contributed by atoms with Gasteiger partial charge in [0, 0.05) is 47.5 Å². The van der Waals surface area contributed by atoms with E-state index >= 15 is 0 Å². The summed E-state index contributed by atoms with van der Waals surface area (Å²) < 4.78 is 2.39. The number of halogens is 1. The molecular formula is C10H19IN2. The zero-order valence-electron chi connectivity index (χ0n) is 8.52. The molecular weight excluding hydrogens is 275 g/mol. The smallest absolute Gasteiger partial charge is 0.0236 e. The van der Waals surface area contributed by atoms with Gasteiger partial charge < -0.3 is 5.32 Å². The molecule has 0 amide bonds. The quantitative estimate of drug-likeness (QED) is 0.634. The average molecular weight is 294 g/mol. The lowest BCUT2D eigenvalue weighted by molar-refractivity contribution is 0.301. The van der Waals surface area contributed by atoms with Gasteiger partial charge in [-0.15, -0.1) is 0 Å². The number of rotatable bonds is 3. The molecule has 0 aromatic rings. The standard InChI is InChI=1S/C10H19IN2/c1-10(2,8-3-4-8)12-9-5-6-13(11)7-9/h8-9,12H,3-7H2,1-2H3. The predicted octanol–water partition coefficient (Wildman–Crippen LogP) is 2.19. The molecule has 76 valence electrons. The minimum absolute atomic E-state index is 0.381. The number of hydrogen-bond donors (Lipinski definition) is 1. The minimum Gasteiger partial charge on any atom is -0.307 e. The van der Waals surface area contributed by atoms with Crippen molar-refractivity contribution < 1.29 is 0 Å². The van der Waals surface area contributed by atoms with Gasteiger partial charge in [-0.2, -0.15) is 0 Å². The molecule has 3 heteroatoms. The van der Waals surface area contributed by atoms with Crippen LogP contribution in [0.3, 0.4) is 0 Å². The van der Waals surface area contributed by atoms with E-state index in [9.17, 15) is 0 Å². The molecule has 1 aliphatic heterocycles.